The van der Waals surface area contributed by atoms with Gasteiger partial charge in [-0.15, -0.1) is 0 Å². The number of likely N-dealkylation sites (N-methyl/N-ethyl adjacent to an activating group) is 1. The molecule has 0 unspecified atom stereocenters. The summed E-state index contributed by atoms with van der Waals surface area (Å²) in [7, 11) is 0. The zero-order valence-electron chi connectivity index (χ0n) is 15.4. The summed E-state index contributed by atoms with van der Waals surface area (Å²) in [5, 5.41) is 5.72. The van der Waals surface area contributed by atoms with Gasteiger partial charge in [0.15, 0.2) is 16.7 Å². The van der Waals surface area contributed by atoms with Crippen LogP contribution in [-0.4, -0.2) is 54.5 Å². The second-order valence-electron chi connectivity index (χ2n) is 6.10. The number of fused-ring (bicyclic) bond motifs is 1. The summed E-state index contributed by atoms with van der Waals surface area (Å²) in [6.07, 6.45) is 1.54. The van der Waals surface area contributed by atoms with E-state index in [-0.39, 0.29) is 30.1 Å². The lowest BCUT2D eigenvalue weighted by atomic mass is 10.2. The van der Waals surface area contributed by atoms with Crippen molar-refractivity contribution in [1.82, 2.24) is 9.88 Å². The van der Waals surface area contributed by atoms with Gasteiger partial charge in [-0.25, -0.2) is 4.98 Å². The van der Waals surface area contributed by atoms with Gasteiger partial charge in [-0.05, 0) is 30.8 Å². The van der Waals surface area contributed by atoms with Gasteiger partial charge in [0.25, 0.3) is 0 Å². The van der Waals surface area contributed by atoms with Crippen molar-refractivity contribution in [1.29, 1.82) is 0 Å². The van der Waals surface area contributed by atoms with E-state index in [2.05, 4.69) is 15.6 Å². The second-order valence-corrected chi connectivity index (χ2v) is 6.46. The number of hydrogen-bond donors (Lipinski definition) is 2. The van der Waals surface area contributed by atoms with Gasteiger partial charge in [-0.1, -0.05) is 18.5 Å². The Morgan fingerprint density at radius 2 is 1.82 bits per heavy atom. The Labute approximate surface area is 167 Å². The number of amides is 2. The highest BCUT2D eigenvalue weighted by molar-refractivity contribution is 6.32. The van der Waals surface area contributed by atoms with Crippen LogP contribution in [0.4, 0.5) is 11.4 Å². The van der Waals surface area contributed by atoms with Gasteiger partial charge in [0.05, 0.1) is 18.8 Å². The van der Waals surface area contributed by atoms with Crippen molar-refractivity contribution >= 4 is 34.8 Å². The van der Waals surface area contributed by atoms with E-state index in [0.717, 1.165) is 0 Å². The van der Waals surface area contributed by atoms with Crippen LogP contribution in [0.1, 0.15) is 6.92 Å². The Kier molecular flexibility index (Phi) is 6.67. The Morgan fingerprint density at radius 1 is 1.11 bits per heavy atom. The molecule has 0 saturated heterocycles. The van der Waals surface area contributed by atoms with Crippen LogP contribution in [0.2, 0.25) is 5.15 Å². The van der Waals surface area contributed by atoms with Gasteiger partial charge < -0.3 is 20.1 Å². The zero-order valence-corrected chi connectivity index (χ0v) is 16.2. The summed E-state index contributed by atoms with van der Waals surface area (Å²) in [5.41, 5.74) is 1.04. The molecule has 0 atom stereocenters. The lowest BCUT2D eigenvalue weighted by molar-refractivity contribution is -0.119. The molecule has 0 fully saturated rings. The van der Waals surface area contributed by atoms with Crippen LogP contribution in [-0.2, 0) is 9.59 Å². The number of nitrogens with one attached hydrogen (secondary N) is 2. The highest BCUT2D eigenvalue weighted by Crippen LogP contribution is 2.32. The van der Waals surface area contributed by atoms with Gasteiger partial charge in [-0.2, -0.15) is 0 Å². The van der Waals surface area contributed by atoms with Gasteiger partial charge in [-0.3, -0.25) is 14.5 Å². The highest BCUT2D eigenvalue weighted by Gasteiger charge is 2.16. The summed E-state index contributed by atoms with van der Waals surface area (Å²) in [6.45, 7) is 3.51. The summed E-state index contributed by atoms with van der Waals surface area (Å²) in [4.78, 5) is 30.2. The molecule has 1 aromatic carbocycles. The minimum absolute atomic E-state index is 0.0519. The van der Waals surface area contributed by atoms with Crippen LogP contribution in [0.15, 0.2) is 36.5 Å². The Hall–Kier alpha value is -2.84. The third kappa shape index (κ3) is 5.34. The molecular formula is C19H21ClN4O4. The zero-order chi connectivity index (χ0) is 19.9. The fourth-order valence-electron chi connectivity index (χ4n) is 2.68. The van der Waals surface area contributed by atoms with Gasteiger partial charge in [0.1, 0.15) is 13.2 Å². The number of ether oxygens (including phenoxy) is 2. The Balaban J connectivity index is 1.53. The third-order valence-electron chi connectivity index (χ3n) is 4.04. The minimum atomic E-state index is -0.274. The minimum Gasteiger partial charge on any atom is -0.486 e. The van der Waals surface area contributed by atoms with Crippen LogP contribution in [0.3, 0.4) is 0 Å². The summed E-state index contributed by atoms with van der Waals surface area (Å²) in [5.74, 6) is 0.754. The first-order valence-electron chi connectivity index (χ1n) is 8.87. The average Bonchev–Trinajstić information content (AvgIpc) is 2.69. The van der Waals surface area contributed by atoms with Gasteiger partial charge in [0, 0.05) is 18.0 Å². The van der Waals surface area contributed by atoms with Gasteiger partial charge in [0.2, 0.25) is 11.8 Å². The van der Waals surface area contributed by atoms with Crippen molar-refractivity contribution in [2.24, 2.45) is 0 Å². The largest absolute Gasteiger partial charge is 0.486 e. The van der Waals surface area contributed by atoms with Crippen molar-refractivity contribution in [2.45, 2.75) is 6.92 Å². The Morgan fingerprint density at radius 3 is 2.54 bits per heavy atom. The molecule has 2 N–H and O–H groups in total. The number of halogens is 1. The second kappa shape index (κ2) is 9.38. The topological polar surface area (TPSA) is 92.8 Å². The van der Waals surface area contributed by atoms with Crippen molar-refractivity contribution in [3.63, 3.8) is 0 Å². The van der Waals surface area contributed by atoms with Crippen LogP contribution < -0.4 is 20.1 Å². The fourth-order valence-corrected chi connectivity index (χ4v) is 2.84. The maximum atomic E-state index is 12.4. The number of aromatic nitrogens is 1. The predicted octanol–water partition coefficient (Wildman–Crippen LogP) is 2.41. The SMILES string of the molecule is CCN(CC(=O)Nc1ccc2c(c1)OCCO2)CC(=O)Nc1cccnc1Cl. The first-order chi connectivity index (χ1) is 13.5. The number of anilines is 2. The quantitative estimate of drug-likeness (QED) is 0.688. The van der Waals surface area contributed by atoms with E-state index in [1.165, 1.54) is 0 Å². The highest BCUT2D eigenvalue weighted by atomic mass is 35.5. The molecule has 2 amide bonds. The molecule has 9 heteroatoms. The van der Waals surface area contributed by atoms with Crippen LogP contribution in [0.25, 0.3) is 0 Å². The normalized spacial score (nSPS) is 12.5. The molecule has 0 radical (unpaired) electrons. The van der Waals surface area contributed by atoms with Gasteiger partial charge >= 0.3 is 0 Å². The maximum absolute atomic E-state index is 12.4. The maximum Gasteiger partial charge on any atom is 0.238 e. The third-order valence-corrected chi connectivity index (χ3v) is 4.34. The number of carbonyl (C=O) groups excluding carboxylic acids is 2. The average molecular weight is 405 g/mol. The summed E-state index contributed by atoms with van der Waals surface area (Å²) >= 11 is 5.94. The molecule has 0 spiro atoms. The predicted molar refractivity (Wildman–Crippen MR) is 106 cm³/mol. The molecule has 0 saturated carbocycles. The van der Waals surface area contributed by atoms with E-state index in [4.69, 9.17) is 21.1 Å². The van der Waals surface area contributed by atoms with Crippen molar-refractivity contribution in [3.8, 4) is 11.5 Å². The van der Waals surface area contributed by atoms with Crippen molar-refractivity contribution < 1.29 is 19.1 Å². The standard InChI is InChI=1S/C19H21ClN4O4/c1-2-24(12-18(26)23-14-4-3-7-21-19(14)20)11-17(25)22-13-5-6-15-16(10-13)28-9-8-27-15/h3-7,10H,2,8-9,11-12H2,1H3,(H,22,25)(H,23,26). The number of nitrogens with zero attached hydrogens (tertiary/aromatic N) is 2. The molecule has 0 bridgehead atoms. The summed E-state index contributed by atoms with van der Waals surface area (Å²) in [6, 6.07) is 8.57. The Bertz CT molecular complexity index is 862. The molecule has 3 rings (SSSR count). The number of rotatable bonds is 7. The van der Waals surface area contributed by atoms with Crippen molar-refractivity contribution in [2.75, 3.05) is 43.5 Å². The number of carbonyl (C=O) groups is 2. The van der Waals surface area contributed by atoms with E-state index in [0.29, 0.717) is 42.6 Å². The smallest absolute Gasteiger partial charge is 0.238 e. The fraction of sp³-hybridized carbons (Fsp3) is 0.316. The molecular weight excluding hydrogens is 384 g/mol. The molecule has 0 aliphatic carbocycles. The molecule has 2 heterocycles. The lowest BCUT2D eigenvalue weighted by Crippen LogP contribution is -2.38. The van der Waals surface area contributed by atoms with E-state index in [1.54, 1.807) is 41.4 Å². The monoisotopic (exact) mass is 404 g/mol. The van der Waals surface area contributed by atoms with E-state index >= 15 is 0 Å². The molecule has 2 aromatic rings. The van der Waals surface area contributed by atoms with E-state index < -0.39 is 0 Å². The number of benzene rings is 1. The molecule has 1 aliphatic rings. The van der Waals surface area contributed by atoms with Crippen molar-refractivity contribution in [3.05, 3.63) is 41.7 Å². The summed E-state index contributed by atoms with van der Waals surface area (Å²) < 4.78 is 11.0. The molecule has 148 valence electrons. The number of hydrogen-bond acceptors (Lipinski definition) is 6. The first kappa shape index (κ1) is 19.9. The molecule has 1 aromatic heterocycles. The van der Waals surface area contributed by atoms with Crippen LogP contribution in [0, 0.1) is 0 Å². The molecule has 1 aliphatic heterocycles. The lowest BCUT2D eigenvalue weighted by Gasteiger charge is -2.21. The molecule has 28 heavy (non-hydrogen) atoms. The molecule has 8 nitrogen and oxygen atoms in total. The van der Waals surface area contributed by atoms with E-state index in [9.17, 15) is 9.59 Å². The van der Waals surface area contributed by atoms with Crippen LogP contribution >= 0.6 is 11.6 Å². The first-order valence-corrected chi connectivity index (χ1v) is 9.25. The number of pyridine rings is 1. The van der Waals surface area contributed by atoms with E-state index in [1.807, 2.05) is 6.92 Å². The van der Waals surface area contributed by atoms with Crippen LogP contribution in [0.5, 0.6) is 11.5 Å².